The molecular formula is C12H16BrFN2O2. The maximum atomic E-state index is 13.8. The Labute approximate surface area is 114 Å². The summed E-state index contributed by atoms with van der Waals surface area (Å²) in [5.41, 5.74) is 5.53. The lowest BCUT2D eigenvalue weighted by atomic mass is 10.0. The Bertz CT molecular complexity index is 429. The van der Waals surface area contributed by atoms with E-state index in [1.54, 1.807) is 13.2 Å². The van der Waals surface area contributed by atoms with Gasteiger partial charge < -0.3 is 10.5 Å². The molecule has 1 rings (SSSR count). The van der Waals surface area contributed by atoms with Gasteiger partial charge in [0, 0.05) is 23.2 Å². The van der Waals surface area contributed by atoms with E-state index in [0.29, 0.717) is 11.1 Å². The van der Waals surface area contributed by atoms with Gasteiger partial charge in [0.2, 0.25) is 5.91 Å². The zero-order valence-electron chi connectivity index (χ0n) is 10.2. The van der Waals surface area contributed by atoms with Crippen molar-refractivity contribution in [2.75, 3.05) is 13.7 Å². The zero-order valence-corrected chi connectivity index (χ0v) is 11.8. The molecule has 1 aromatic rings. The summed E-state index contributed by atoms with van der Waals surface area (Å²) in [6.45, 7) is 2.23. The molecule has 0 heterocycles. The van der Waals surface area contributed by atoms with E-state index in [-0.39, 0.29) is 11.6 Å². The first-order chi connectivity index (χ1) is 8.45. The molecule has 0 spiro atoms. The average Bonchev–Trinajstić information content (AvgIpc) is 2.27. The number of ether oxygens (including phenoxy) is 1. The molecular weight excluding hydrogens is 303 g/mol. The second kappa shape index (κ2) is 6.82. The lowest BCUT2D eigenvalue weighted by molar-refractivity contribution is -0.120. The van der Waals surface area contributed by atoms with Gasteiger partial charge in [-0.25, -0.2) is 4.39 Å². The SMILES string of the molecule is COC[C@@H](C)N[C@@H](C(N)=O)c1ccc(Br)cc1F. The van der Waals surface area contributed by atoms with E-state index in [4.69, 9.17) is 10.5 Å². The van der Waals surface area contributed by atoms with E-state index < -0.39 is 17.8 Å². The van der Waals surface area contributed by atoms with Crippen LogP contribution >= 0.6 is 15.9 Å². The van der Waals surface area contributed by atoms with Crippen LogP contribution in [-0.2, 0) is 9.53 Å². The Hall–Kier alpha value is -0.980. The lowest BCUT2D eigenvalue weighted by Crippen LogP contribution is -2.41. The van der Waals surface area contributed by atoms with Crippen molar-refractivity contribution < 1.29 is 13.9 Å². The van der Waals surface area contributed by atoms with E-state index >= 15 is 0 Å². The highest BCUT2D eigenvalue weighted by Gasteiger charge is 2.22. The Morgan fingerprint density at radius 3 is 2.78 bits per heavy atom. The van der Waals surface area contributed by atoms with Crippen molar-refractivity contribution in [3.63, 3.8) is 0 Å². The van der Waals surface area contributed by atoms with E-state index in [9.17, 15) is 9.18 Å². The highest BCUT2D eigenvalue weighted by Crippen LogP contribution is 2.21. The maximum absolute atomic E-state index is 13.8. The third-order valence-electron chi connectivity index (χ3n) is 2.43. The molecule has 0 aromatic heterocycles. The van der Waals surface area contributed by atoms with Gasteiger partial charge in [-0.15, -0.1) is 0 Å². The fourth-order valence-corrected chi connectivity index (χ4v) is 1.98. The number of primary amides is 1. The summed E-state index contributed by atoms with van der Waals surface area (Å²) in [5.74, 6) is -1.11. The zero-order chi connectivity index (χ0) is 13.7. The molecule has 1 aromatic carbocycles. The van der Waals surface area contributed by atoms with Crippen LogP contribution in [0.3, 0.4) is 0 Å². The highest BCUT2D eigenvalue weighted by atomic mass is 79.9. The summed E-state index contributed by atoms with van der Waals surface area (Å²) in [6, 6.07) is 3.51. The van der Waals surface area contributed by atoms with Gasteiger partial charge in [0.15, 0.2) is 0 Å². The van der Waals surface area contributed by atoms with Crippen LogP contribution in [-0.4, -0.2) is 25.7 Å². The van der Waals surface area contributed by atoms with E-state index in [1.807, 2.05) is 6.92 Å². The molecule has 0 saturated carbocycles. The second-order valence-electron chi connectivity index (χ2n) is 4.02. The van der Waals surface area contributed by atoms with Gasteiger partial charge in [-0.1, -0.05) is 22.0 Å². The number of amides is 1. The average molecular weight is 319 g/mol. The minimum absolute atomic E-state index is 0.115. The number of benzene rings is 1. The number of carbonyl (C=O) groups is 1. The van der Waals surface area contributed by atoms with Crippen molar-refractivity contribution in [2.24, 2.45) is 5.73 Å². The van der Waals surface area contributed by atoms with Crippen LogP contribution in [0.4, 0.5) is 4.39 Å². The van der Waals surface area contributed by atoms with Gasteiger partial charge in [-0.2, -0.15) is 0 Å². The van der Waals surface area contributed by atoms with Crippen LogP contribution in [0.15, 0.2) is 22.7 Å². The Balaban J connectivity index is 2.94. The first-order valence-electron chi connectivity index (χ1n) is 5.45. The molecule has 6 heteroatoms. The van der Waals surface area contributed by atoms with Gasteiger partial charge in [0.25, 0.3) is 0 Å². The summed E-state index contributed by atoms with van der Waals surface area (Å²) in [7, 11) is 1.55. The molecule has 1 amide bonds. The second-order valence-corrected chi connectivity index (χ2v) is 4.94. The van der Waals surface area contributed by atoms with Crippen molar-refractivity contribution in [1.29, 1.82) is 0 Å². The Morgan fingerprint density at radius 2 is 2.28 bits per heavy atom. The first kappa shape index (κ1) is 15.1. The van der Waals surface area contributed by atoms with E-state index in [2.05, 4.69) is 21.2 Å². The lowest BCUT2D eigenvalue weighted by Gasteiger charge is -2.21. The van der Waals surface area contributed by atoms with Crippen LogP contribution < -0.4 is 11.1 Å². The third kappa shape index (κ3) is 4.04. The van der Waals surface area contributed by atoms with E-state index in [0.717, 1.165) is 0 Å². The van der Waals surface area contributed by atoms with Crippen molar-refractivity contribution in [3.8, 4) is 0 Å². The molecule has 0 aliphatic rings. The molecule has 2 atom stereocenters. The van der Waals surface area contributed by atoms with Crippen LogP contribution in [0, 0.1) is 5.82 Å². The summed E-state index contributed by atoms with van der Waals surface area (Å²) in [5, 5.41) is 2.94. The van der Waals surface area contributed by atoms with Gasteiger partial charge in [-0.05, 0) is 19.1 Å². The number of hydrogen-bond acceptors (Lipinski definition) is 3. The topological polar surface area (TPSA) is 64.3 Å². The summed E-state index contributed by atoms with van der Waals surface area (Å²) in [4.78, 5) is 11.4. The third-order valence-corrected chi connectivity index (χ3v) is 2.92. The molecule has 18 heavy (non-hydrogen) atoms. The van der Waals surface area contributed by atoms with Crippen LogP contribution in [0.2, 0.25) is 0 Å². The first-order valence-corrected chi connectivity index (χ1v) is 6.24. The largest absolute Gasteiger partial charge is 0.383 e. The molecule has 0 unspecified atom stereocenters. The monoisotopic (exact) mass is 318 g/mol. The number of methoxy groups -OCH3 is 1. The van der Waals surface area contributed by atoms with Crippen LogP contribution in [0.5, 0.6) is 0 Å². The predicted octanol–water partition coefficient (Wildman–Crippen LogP) is 1.74. The Kier molecular flexibility index (Phi) is 5.71. The fraction of sp³-hybridized carbons (Fsp3) is 0.417. The molecule has 0 aliphatic heterocycles. The highest BCUT2D eigenvalue weighted by molar-refractivity contribution is 9.10. The molecule has 0 saturated heterocycles. The summed E-state index contributed by atoms with van der Waals surface area (Å²) < 4.78 is 19.3. The number of rotatable bonds is 6. The Morgan fingerprint density at radius 1 is 1.61 bits per heavy atom. The molecule has 0 bridgehead atoms. The van der Waals surface area contributed by atoms with Gasteiger partial charge in [-0.3, -0.25) is 10.1 Å². The molecule has 0 aliphatic carbocycles. The quantitative estimate of drug-likeness (QED) is 0.839. The smallest absolute Gasteiger partial charge is 0.239 e. The van der Waals surface area contributed by atoms with Crippen LogP contribution in [0.1, 0.15) is 18.5 Å². The number of halogens is 2. The van der Waals surface area contributed by atoms with Crippen molar-refractivity contribution in [1.82, 2.24) is 5.32 Å². The van der Waals surface area contributed by atoms with Crippen molar-refractivity contribution in [3.05, 3.63) is 34.1 Å². The van der Waals surface area contributed by atoms with Gasteiger partial charge in [0.05, 0.1) is 6.61 Å². The fourth-order valence-electron chi connectivity index (χ4n) is 1.64. The van der Waals surface area contributed by atoms with E-state index in [1.165, 1.54) is 12.1 Å². The minimum atomic E-state index is -0.872. The minimum Gasteiger partial charge on any atom is -0.383 e. The molecule has 4 nitrogen and oxygen atoms in total. The molecule has 0 fully saturated rings. The number of carbonyl (C=O) groups excluding carboxylic acids is 1. The van der Waals surface area contributed by atoms with Gasteiger partial charge in [0.1, 0.15) is 11.9 Å². The van der Waals surface area contributed by atoms with Crippen molar-refractivity contribution in [2.45, 2.75) is 19.0 Å². The summed E-state index contributed by atoms with van der Waals surface area (Å²) in [6.07, 6.45) is 0. The molecule has 100 valence electrons. The number of nitrogens with one attached hydrogen (secondary N) is 1. The van der Waals surface area contributed by atoms with Gasteiger partial charge >= 0.3 is 0 Å². The molecule has 0 radical (unpaired) electrons. The number of hydrogen-bond donors (Lipinski definition) is 2. The van der Waals surface area contributed by atoms with Crippen LogP contribution in [0.25, 0.3) is 0 Å². The summed E-state index contributed by atoms with van der Waals surface area (Å²) >= 11 is 3.16. The maximum Gasteiger partial charge on any atom is 0.239 e. The molecule has 3 N–H and O–H groups in total. The number of nitrogens with two attached hydrogens (primary N) is 1. The standard InChI is InChI=1S/C12H16BrFN2O2/c1-7(6-18-2)16-11(12(15)17)9-4-3-8(13)5-10(9)14/h3-5,7,11,16H,6H2,1-2H3,(H2,15,17)/t7-,11-/m1/s1. The van der Waals surface area contributed by atoms with Crippen molar-refractivity contribution >= 4 is 21.8 Å². The normalized spacial score (nSPS) is 14.2. The predicted molar refractivity (Wildman–Crippen MR) is 70.5 cm³/mol.